The summed E-state index contributed by atoms with van der Waals surface area (Å²) < 4.78 is 5.31. The minimum Gasteiger partial charge on any atom is -0.508 e. The van der Waals surface area contributed by atoms with Gasteiger partial charge in [-0.2, -0.15) is 0 Å². The van der Waals surface area contributed by atoms with Gasteiger partial charge < -0.3 is 19.6 Å². The van der Waals surface area contributed by atoms with Crippen LogP contribution < -0.4 is 0 Å². The van der Waals surface area contributed by atoms with E-state index in [1.54, 1.807) is 6.07 Å². The molecule has 1 N–H and O–H groups in total. The van der Waals surface area contributed by atoms with E-state index in [4.69, 9.17) is 4.74 Å². The summed E-state index contributed by atoms with van der Waals surface area (Å²) in [5, 5.41) is 9.80. The highest BCUT2D eigenvalue weighted by Crippen LogP contribution is 2.40. The van der Waals surface area contributed by atoms with Crippen molar-refractivity contribution < 1.29 is 14.6 Å². The number of morpholine rings is 1. The fourth-order valence-electron chi connectivity index (χ4n) is 4.03. The molecular formula is C20H30N2O3. The monoisotopic (exact) mass is 346 g/mol. The van der Waals surface area contributed by atoms with E-state index in [2.05, 4.69) is 24.8 Å². The van der Waals surface area contributed by atoms with Crippen molar-refractivity contribution in [3.63, 3.8) is 0 Å². The lowest BCUT2D eigenvalue weighted by atomic mass is 9.68. The van der Waals surface area contributed by atoms with Gasteiger partial charge in [0, 0.05) is 32.6 Å². The molecule has 0 saturated carbocycles. The molecule has 1 amide bonds. The van der Waals surface area contributed by atoms with Crippen LogP contribution in [0.2, 0.25) is 0 Å². The van der Waals surface area contributed by atoms with Gasteiger partial charge in [0.25, 0.3) is 0 Å². The average molecular weight is 346 g/mol. The van der Waals surface area contributed by atoms with E-state index in [0.29, 0.717) is 31.3 Å². The lowest BCUT2D eigenvalue weighted by Crippen LogP contribution is -2.48. The Morgan fingerprint density at radius 1 is 1.32 bits per heavy atom. The second-order valence-electron chi connectivity index (χ2n) is 7.66. The minimum absolute atomic E-state index is 0.0729. The van der Waals surface area contributed by atoms with Gasteiger partial charge in [-0.3, -0.25) is 4.79 Å². The molecule has 2 unspecified atom stereocenters. The minimum atomic E-state index is 0.0729. The van der Waals surface area contributed by atoms with E-state index < -0.39 is 0 Å². The summed E-state index contributed by atoms with van der Waals surface area (Å²) in [6.07, 6.45) is 1.64. The molecule has 25 heavy (non-hydrogen) atoms. The quantitative estimate of drug-likeness (QED) is 0.908. The number of hydrogen-bond donors (Lipinski definition) is 1. The molecule has 2 fully saturated rings. The smallest absolute Gasteiger partial charge is 0.224 e. The number of phenols is 1. The maximum atomic E-state index is 12.3. The van der Waals surface area contributed by atoms with Gasteiger partial charge in [0.05, 0.1) is 13.2 Å². The molecule has 2 aliphatic rings. The third kappa shape index (κ3) is 4.15. The molecule has 2 aliphatic heterocycles. The number of piperidine rings is 1. The SMILES string of the molecule is CC1CN(CCC(=O)N2CCOCC2)CCC1(C)c1cccc(O)c1. The maximum Gasteiger partial charge on any atom is 0.224 e. The van der Waals surface area contributed by atoms with E-state index in [0.717, 1.165) is 39.1 Å². The van der Waals surface area contributed by atoms with Crippen LogP contribution in [0.3, 0.4) is 0 Å². The van der Waals surface area contributed by atoms with Crippen LogP contribution in [0.4, 0.5) is 0 Å². The number of carbonyl (C=O) groups is 1. The largest absolute Gasteiger partial charge is 0.508 e. The Bertz CT molecular complexity index is 600. The standard InChI is InChI=1S/C20H30N2O3/c1-16-15-21(8-6-19(24)22-10-12-25-13-11-22)9-7-20(16,2)17-4-3-5-18(23)14-17/h3-5,14,16,23H,6-13,15H2,1-2H3. The molecule has 2 atom stereocenters. The summed E-state index contributed by atoms with van der Waals surface area (Å²) >= 11 is 0. The predicted molar refractivity (Wildman–Crippen MR) is 97.7 cm³/mol. The van der Waals surface area contributed by atoms with Gasteiger partial charge in [-0.15, -0.1) is 0 Å². The molecule has 5 heteroatoms. The Hall–Kier alpha value is -1.59. The van der Waals surface area contributed by atoms with Crippen molar-refractivity contribution in [2.75, 3.05) is 45.9 Å². The number of carbonyl (C=O) groups excluding carboxylic acids is 1. The molecule has 0 aliphatic carbocycles. The summed E-state index contributed by atoms with van der Waals surface area (Å²) in [5.41, 5.74) is 1.28. The molecule has 5 nitrogen and oxygen atoms in total. The van der Waals surface area contributed by atoms with Crippen LogP contribution in [-0.2, 0) is 14.9 Å². The summed E-state index contributed by atoms with van der Waals surface area (Å²) in [6, 6.07) is 7.67. The molecule has 0 aromatic heterocycles. The van der Waals surface area contributed by atoms with Crippen LogP contribution in [-0.4, -0.2) is 66.8 Å². The first-order chi connectivity index (χ1) is 12.0. The molecule has 1 aromatic carbocycles. The van der Waals surface area contributed by atoms with Crippen LogP contribution >= 0.6 is 0 Å². The summed E-state index contributed by atoms with van der Waals surface area (Å²) in [4.78, 5) is 16.7. The Morgan fingerprint density at radius 2 is 2.08 bits per heavy atom. The number of hydrogen-bond acceptors (Lipinski definition) is 4. The Kier molecular flexibility index (Phi) is 5.64. The molecule has 2 heterocycles. The van der Waals surface area contributed by atoms with Crippen LogP contribution in [0.1, 0.15) is 32.3 Å². The van der Waals surface area contributed by atoms with Crippen molar-refractivity contribution in [3.05, 3.63) is 29.8 Å². The number of phenolic OH excluding ortho intramolecular Hbond substituents is 1. The number of ether oxygens (including phenoxy) is 1. The van der Waals surface area contributed by atoms with Crippen molar-refractivity contribution in [1.29, 1.82) is 0 Å². The van der Waals surface area contributed by atoms with Crippen molar-refractivity contribution in [2.45, 2.75) is 32.1 Å². The van der Waals surface area contributed by atoms with Gasteiger partial charge in [0.1, 0.15) is 5.75 Å². The topological polar surface area (TPSA) is 53.0 Å². The fraction of sp³-hybridized carbons (Fsp3) is 0.650. The second kappa shape index (κ2) is 7.75. The lowest BCUT2D eigenvalue weighted by Gasteiger charge is -2.45. The highest BCUT2D eigenvalue weighted by Gasteiger charge is 2.38. The highest BCUT2D eigenvalue weighted by molar-refractivity contribution is 5.76. The second-order valence-corrected chi connectivity index (χ2v) is 7.66. The van der Waals surface area contributed by atoms with Gasteiger partial charge in [-0.25, -0.2) is 0 Å². The number of nitrogens with zero attached hydrogens (tertiary/aromatic N) is 2. The van der Waals surface area contributed by atoms with Gasteiger partial charge in [-0.05, 0) is 42.0 Å². The third-order valence-electron chi connectivity index (χ3n) is 6.08. The molecule has 0 radical (unpaired) electrons. The summed E-state index contributed by atoms with van der Waals surface area (Å²) in [5.74, 6) is 1.06. The molecule has 0 spiro atoms. The Morgan fingerprint density at radius 3 is 2.76 bits per heavy atom. The normalized spacial score (nSPS) is 28.1. The zero-order valence-electron chi connectivity index (χ0n) is 15.4. The Balaban J connectivity index is 1.53. The van der Waals surface area contributed by atoms with Gasteiger partial charge >= 0.3 is 0 Å². The van der Waals surface area contributed by atoms with Crippen LogP contribution in [0.15, 0.2) is 24.3 Å². The van der Waals surface area contributed by atoms with E-state index in [9.17, 15) is 9.90 Å². The van der Waals surface area contributed by atoms with Crippen LogP contribution in [0.5, 0.6) is 5.75 Å². The van der Waals surface area contributed by atoms with Gasteiger partial charge in [0.2, 0.25) is 5.91 Å². The number of aromatic hydroxyl groups is 1. The molecular weight excluding hydrogens is 316 g/mol. The predicted octanol–water partition coefficient (Wildman–Crippen LogP) is 2.24. The highest BCUT2D eigenvalue weighted by atomic mass is 16.5. The zero-order chi connectivity index (χ0) is 17.9. The Labute approximate surface area is 150 Å². The van der Waals surface area contributed by atoms with Gasteiger partial charge in [0.15, 0.2) is 0 Å². The molecule has 1 aromatic rings. The van der Waals surface area contributed by atoms with E-state index >= 15 is 0 Å². The number of rotatable bonds is 4. The third-order valence-corrected chi connectivity index (χ3v) is 6.08. The van der Waals surface area contributed by atoms with Crippen LogP contribution in [0, 0.1) is 5.92 Å². The summed E-state index contributed by atoms with van der Waals surface area (Å²) in [7, 11) is 0. The number of benzene rings is 1. The van der Waals surface area contributed by atoms with E-state index in [1.165, 1.54) is 5.56 Å². The van der Waals surface area contributed by atoms with Crippen LogP contribution in [0.25, 0.3) is 0 Å². The van der Waals surface area contributed by atoms with E-state index in [1.807, 2.05) is 17.0 Å². The average Bonchev–Trinajstić information content (AvgIpc) is 2.63. The maximum absolute atomic E-state index is 12.3. The number of likely N-dealkylation sites (tertiary alicyclic amines) is 1. The fourth-order valence-corrected chi connectivity index (χ4v) is 4.03. The van der Waals surface area contributed by atoms with Crippen molar-refractivity contribution in [2.24, 2.45) is 5.92 Å². The first-order valence-electron chi connectivity index (χ1n) is 9.36. The van der Waals surface area contributed by atoms with E-state index in [-0.39, 0.29) is 11.3 Å². The van der Waals surface area contributed by atoms with Crippen molar-refractivity contribution in [1.82, 2.24) is 9.80 Å². The molecule has 138 valence electrons. The molecule has 0 bridgehead atoms. The lowest BCUT2D eigenvalue weighted by molar-refractivity contribution is -0.135. The first-order valence-corrected chi connectivity index (χ1v) is 9.36. The zero-order valence-corrected chi connectivity index (χ0v) is 15.4. The summed E-state index contributed by atoms with van der Waals surface area (Å²) in [6.45, 7) is 10.2. The molecule has 3 rings (SSSR count). The number of amides is 1. The van der Waals surface area contributed by atoms with Gasteiger partial charge in [-0.1, -0.05) is 26.0 Å². The van der Waals surface area contributed by atoms with Crippen molar-refractivity contribution >= 4 is 5.91 Å². The van der Waals surface area contributed by atoms with Crippen molar-refractivity contribution in [3.8, 4) is 5.75 Å². The first kappa shape index (κ1) is 18.2. The molecule has 2 saturated heterocycles.